The van der Waals surface area contributed by atoms with Gasteiger partial charge in [0, 0.05) is 39.1 Å². The highest BCUT2D eigenvalue weighted by atomic mass is 16.5. The van der Waals surface area contributed by atoms with Crippen LogP contribution >= 0.6 is 0 Å². The van der Waals surface area contributed by atoms with E-state index in [4.69, 9.17) is 10.00 Å². The molecule has 0 N–H and O–H groups in total. The van der Waals surface area contributed by atoms with Gasteiger partial charge < -0.3 is 9.64 Å². The predicted octanol–water partition coefficient (Wildman–Crippen LogP) is 2.94. The van der Waals surface area contributed by atoms with E-state index in [1.54, 1.807) is 0 Å². The first-order chi connectivity index (χ1) is 12.8. The van der Waals surface area contributed by atoms with Crippen LogP contribution < -0.4 is 4.74 Å². The molecule has 1 aliphatic rings. The first kappa shape index (κ1) is 18.0. The van der Waals surface area contributed by atoms with Crippen molar-refractivity contribution in [3.63, 3.8) is 0 Å². The van der Waals surface area contributed by atoms with Crippen molar-refractivity contribution in [2.45, 2.75) is 13.0 Å². The first-order valence-corrected chi connectivity index (χ1v) is 8.92. The van der Waals surface area contributed by atoms with Gasteiger partial charge in [-0.3, -0.25) is 9.69 Å². The number of benzene rings is 2. The summed E-state index contributed by atoms with van der Waals surface area (Å²) in [5.74, 6) is 0.627. The van der Waals surface area contributed by atoms with E-state index in [0.29, 0.717) is 37.4 Å². The number of para-hydroxylation sites is 1. The molecule has 0 unspecified atom stereocenters. The van der Waals surface area contributed by atoms with E-state index in [0.717, 1.165) is 25.2 Å². The number of ether oxygens (including phenoxy) is 1. The number of nitrogens with zero attached hydrogens (tertiary/aromatic N) is 3. The molecule has 0 atom stereocenters. The molecule has 1 aliphatic heterocycles. The summed E-state index contributed by atoms with van der Waals surface area (Å²) in [6.45, 7) is 4.18. The summed E-state index contributed by atoms with van der Waals surface area (Å²) >= 11 is 0. The quantitative estimate of drug-likeness (QED) is 0.805. The summed E-state index contributed by atoms with van der Waals surface area (Å²) in [5.41, 5.74) is 1.68. The van der Waals surface area contributed by atoms with Crippen LogP contribution in [0.4, 0.5) is 0 Å². The van der Waals surface area contributed by atoms with Gasteiger partial charge in [0.05, 0.1) is 11.6 Å². The minimum atomic E-state index is 0.00796. The lowest BCUT2D eigenvalue weighted by Gasteiger charge is -2.34. The Kier molecular flexibility index (Phi) is 6.24. The number of piperazine rings is 1. The van der Waals surface area contributed by atoms with Gasteiger partial charge in [0.25, 0.3) is 5.91 Å². The number of hydrogen-bond donors (Lipinski definition) is 0. The Hall–Kier alpha value is -2.84. The van der Waals surface area contributed by atoms with E-state index in [1.807, 2.05) is 59.5 Å². The van der Waals surface area contributed by atoms with Crippen molar-refractivity contribution in [2.24, 2.45) is 0 Å². The summed E-state index contributed by atoms with van der Waals surface area (Å²) in [6, 6.07) is 19.5. The number of carbonyl (C=O) groups is 1. The number of carbonyl (C=O) groups excluding carboxylic acids is 1. The minimum Gasteiger partial charge on any atom is -0.488 e. The average molecular weight is 349 g/mol. The van der Waals surface area contributed by atoms with Gasteiger partial charge >= 0.3 is 0 Å². The third kappa shape index (κ3) is 4.62. The molecule has 0 saturated carbocycles. The van der Waals surface area contributed by atoms with Crippen LogP contribution in [-0.2, 0) is 6.61 Å². The van der Waals surface area contributed by atoms with E-state index in [1.165, 1.54) is 0 Å². The van der Waals surface area contributed by atoms with Gasteiger partial charge in [-0.05, 0) is 17.7 Å². The molecule has 1 amide bonds. The Labute approximate surface area is 154 Å². The standard InChI is InChI=1S/C21H23N3O2/c22-11-6-12-23-13-15-24(16-14-23)21(25)19-9-4-5-10-20(19)26-17-18-7-2-1-3-8-18/h1-5,7-10H,6,12-17H2. The van der Waals surface area contributed by atoms with Crippen molar-refractivity contribution in [3.05, 3.63) is 65.7 Å². The Morgan fingerprint density at radius 2 is 1.69 bits per heavy atom. The molecule has 0 bridgehead atoms. The normalized spacial score (nSPS) is 14.7. The third-order valence-electron chi connectivity index (χ3n) is 4.55. The van der Waals surface area contributed by atoms with Crippen molar-refractivity contribution < 1.29 is 9.53 Å². The summed E-state index contributed by atoms with van der Waals surface area (Å²) in [6.07, 6.45) is 0.532. The lowest BCUT2D eigenvalue weighted by molar-refractivity contribution is 0.0635. The van der Waals surface area contributed by atoms with Crippen LogP contribution in [0.2, 0.25) is 0 Å². The van der Waals surface area contributed by atoms with Crippen LogP contribution in [0.3, 0.4) is 0 Å². The highest BCUT2D eigenvalue weighted by molar-refractivity contribution is 5.97. The number of amides is 1. The second kappa shape index (κ2) is 9.02. The minimum absolute atomic E-state index is 0.00796. The Morgan fingerprint density at radius 3 is 2.42 bits per heavy atom. The maximum absolute atomic E-state index is 12.9. The zero-order valence-electron chi connectivity index (χ0n) is 14.8. The molecule has 5 heteroatoms. The third-order valence-corrected chi connectivity index (χ3v) is 4.55. The second-order valence-electron chi connectivity index (χ2n) is 6.31. The Morgan fingerprint density at radius 1 is 1.00 bits per heavy atom. The molecule has 1 heterocycles. The van der Waals surface area contributed by atoms with Gasteiger partial charge in [-0.15, -0.1) is 0 Å². The van der Waals surface area contributed by atoms with E-state index in [9.17, 15) is 4.79 Å². The lowest BCUT2D eigenvalue weighted by atomic mass is 10.1. The van der Waals surface area contributed by atoms with Crippen molar-refractivity contribution in [2.75, 3.05) is 32.7 Å². The number of hydrogen-bond acceptors (Lipinski definition) is 4. The highest BCUT2D eigenvalue weighted by Crippen LogP contribution is 2.22. The molecule has 1 fully saturated rings. The van der Waals surface area contributed by atoms with Crippen molar-refractivity contribution in [1.82, 2.24) is 9.80 Å². The fraction of sp³-hybridized carbons (Fsp3) is 0.333. The monoisotopic (exact) mass is 349 g/mol. The summed E-state index contributed by atoms with van der Waals surface area (Å²) < 4.78 is 5.92. The molecule has 26 heavy (non-hydrogen) atoms. The van der Waals surface area contributed by atoms with Gasteiger partial charge in [0.15, 0.2) is 0 Å². The molecule has 134 valence electrons. The molecule has 0 radical (unpaired) electrons. The number of rotatable bonds is 6. The molecular weight excluding hydrogens is 326 g/mol. The van der Waals surface area contributed by atoms with Crippen LogP contribution in [-0.4, -0.2) is 48.4 Å². The molecular formula is C21H23N3O2. The van der Waals surface area contributed by atoms with Crippen LogP contribution in [0.15, 0.2) is 54.6 Å². The lowest BCUT2D eigenvalue weighted by Crippen LogP contribution is -2.48. The van der Waals surface area contributed by atoms with Crippen molar-refractivity contribution in [3.8, 4) is 11.8 Å². The van der Waals surface area contributed by atoms with Gasteiger partial charge in [-0.2, -0.15) is 5.26 Å². The fourth-order valence-electron chi connectivity index (χ4n) is 3.06. The van der Waals surface area contributed by atoms with E-state index < -0.39 is 0 Å². The topological polar surface area (TPSA) is 56.6 Å². The molecule has 0 aromatic heterocycles. The van der Waals surface area contributed by atoms with Crippen LogP contribution in [0.1, 0.15) is 22.3 Å². The first-order valence-electron chi connectivity index (χ1n) is 8.92. The molecule has 5 nitrogen and oxygen atoms in total. The van der Waals surface area contributed by atoms with Gasteiger partial charge in [0.2, 0.25) is 0 Å². The predicted molar refractivity (Wildman–Crippen MR) is 99.8 cm³/mol. The molecule has 0 aliphatic carbocycles. The number of nitriles is 1. The average Bonchev–Trinajstić information content (AvgIpc) is 2.71. The van der Waals surface area contributed by atoms with E-state index >= 15 is 0 Å². The van der Waals surface area contributed by atoms with Crippen LogP contribution in [0.5, 0.6) is 5.75 Å². The smallest absolute Gasteiger partial charge is 0.257 e. The van der Waals surface area contributed by atoms with Crippen molar-refractivity contribution >= 4 is 5.91 Å². The largest absolute Gasteiger partial charge is 0.488 e. The van der Waals surface area contributed by atoms with Crippen LogP contribution in [0, 0.1) is 11.3 Å². The van der Waals surface area contributed by atoms with E-state index in [-0.39, 0.29) is 5.91 Å². The SMILES string of the molecule is N#CCCN1CCN(C(=O)c2ccccc2OCc2ccccc2)CC1. The summed E-state index contributed by atoms with van der Waals surface area (Å²) in [7, 11) is 0. The molecule has 2 aromatic rings. The molecule has 0 spiro atoms. The summed E-state index contributed by atoms with van der Waals surface area (Å²) in [4.78, 5) is 17.0. The van der Waals surface area contributed by atoms with E-state index in [2.05, 4.69) is 11.0 Å². The molecule has 1 saturated heterocycles. The second-order valence-corrected chi connectivity index (χ2v) is 6.31. The highest BCUT2D eigenvalue weighted by Gasteiger charge is 2.24. The van der Waals surface area contributed by atoms with Crippen molar-refractivity contribution in [1.29, 1.82) is 5.26 Å². The fourth-order valence-corrected chi connectivity index (χ4v) is 3.06. The maximum Gasteiger partial charge on any atom is 0.257 e. The Bertz CT molecular complexity index is 762. The molecule has 2 aromatic carbocycles. The zero-order chi connectivity index (χ0) is 18.2. The zero-order valence-corrected chi connectivity index (χ0v) is 14.8. The Balaban J connectivity index is 1.62. The molecule has 3 rings (SSSR count). The van der Waals surface area contributed by atoms with Crippen LogP contribution in [0.25, 0.3) is 0 Å². The summed E-state index contributed by atoms with van der Waals surface area (Å²) in [5, 5.41) is 8.69. The van der Waals surface area contributed by atoms with Gasteiger partial charge in [0.1, 0.15) is 12.4 Å². The maximum atomic E-state index is 12.9. The van der Waals surface area contributed by atoms with Gasteiger partial charge in [-0.1, -0.05) is 42.5 Å². The van der Waals surface area contributed by atoms with Gasteiger partial charge in [-0.25, -0.2) is 0 Å².